The molecular weight excluding hydrogens is 273 g/mol. The molecule has 0 unspecified atom stereocenters. The molecule has 2 rings (SSSR count). The lowest BCUT2D eigenvalue weighted by Crippen LogP contribution is -2.09. The molecule has 0 fully saturated rings. The summed E-state index contributed by atoms with van der Waals surface area (Å²) in [5, 5.41) is 11.6. The Bertz CT molecular complexity index is 642. The number of anilines is 2. The monoisotopic (exact) mass is 282 g/mol. The van der Waals surface area contributed by atoms with Crippen molar-refractivity contribution in [2.75, 3.05) is 5.32 Å². The summed E-state index contributed by atoms with van der Waals surface area (Å²) in [5.41, 5.74) is -0.922. The molecule has 1 aromatic heterocycles. The normalized spacial score (nSPS) is 11.2. The number of benzene rings is 1. The minimum absolute atomic E-state index is 0.0493. The summed E-state index contributed by atoms with van der Waals surface area (Å²) >= 11 is 0. The Morgan fingerprint density at radius 2 is 1.80 bits per heavy atom. The minimum atomic E-state index is -4.55. The third kappa shape index (κ3) is 3.05. The first-order valence-electron chi connectivity index (χ1n) is 5.51. The summed E-state index contributed by atoms with van der Waals surface area (Å²) in [5.74, 6) is -1.26. The zero-order valence-corrected chi connectivity index (χ0v) is 9.98. The van der Waals surface area contributed by atoms with Gasteiger partial charge in [0, 0.05) is 0 Å². The number of aromatic nitrogens is 1. The van der Waals surface area contributed by atoms with Crippen molar-refractivity contribution in [3.8, 4) is 0 Å². The van der Waals surface area contributed by atoms with Crippen LogP contribution in [0.1, 0.15) is 16.1 Å². The van der Waals surface area contributed by atoms with Gasteiger partial charge >= 0.3 is 12.1 Å². The smallest absolute Gasteiger partial charge is 0.433 e. The van der Waals surface area contributed by atoms with Gasteiger partial charge in [0.2, 0.25) is 0 Å². The topological polar surface area (TPSA) is 62.2 Å². The van der Waals surface area contributed by atoms with E-state index in [1.54, 1.807) is 6.07 Å². The van der Waals surface area contributed by atoms with Crippen molar-refractivity contribution in [1.82, 2.24) is 4.98 Å². The second-order valence-corrected chi connectivity index (χ2v) is 3.88. The van der Waals surface area contributed by atoms with Crippen LogP contribution in [0.5, 0.6) is 0 Å². The highest BCUT2D eigenvalue weighted by atomic mass is 19.4. The first kappa shape index (κ1) is 13.9. The number of pyridine rings is 1. The fourth-order valence-corrected chi connectivity index (χ4v) is 1.58. The maximum atomic E-state index is 12.5. The van der Waals surface area contributed by atoms with Gasteiger partial charge in [-0.15, -0.1) is 0 Å². The molecule has 0 saturated carbocycles. The molecule has 0 atom stereocenters. The van der Waals surface area contributed by atoms with Gasteiger partial charge in [-0.1, -0.05) is 18.2 Å². The Morgan fingerprint density at radius 3 is 2.45 bits per heavy atom. The van der Waals surface area contributed by atoms with Gasteiger partial charge in [-0.2, -0.15) is 13.2 Å². The number of nitrogens with one attached hydrogen (secondary N) is 1. The number of aromatic carboxylic acids is 1. The molecule has 104 valence electrons. The molecular formula is C13H9F3N2O2. The molecule has 1 heterocycles. The van der Waals surface area contributed by atoms with Gasteiger partial charge in [-0.3, -0.25) is 0 Å². The maximum absolute atomic E-state index is 12.5. The lowest BCUT2D eigenvalue weighted by Gasteiger charge is -2.11. The van der Waals surface area contributed by atoms with Crippen molar-refractivity contribution in [3.05, 3.63) is 53.7 Å². The van der Waals surface area contributed by atoms with E-state index in [0.29, 0.717) is 0 Å². The van der Waals surface area contributed by atoms with E-state index in [1.807, 2.05) is 0 Å². The number of carboxylic acid groups (broad SMARTS) is 1. The highest BCUT2D eigenvalue weighted by Gasteiger charge is 2.32. The molecule has 2 N–H and O–H groups in total. The molecule has 0 spiro atoms. The Hall–Kier alpha value is -2.57. The molecule has 2 aromatic rings. The molecule has 0 bridgehead atoms. The first-order chi connectivity index (χ1) is 9.38. The summed E-state index contributed by atoms with van der Waals surface area (Å²) in [4.78, 5) is 14.4. The van der Waals surface area contributed by atoms with Crippen molar-refractivity contribution in [3.63, 3.8) is 0 Å². The van der Waals surface area contributed by atoms with E-state index in [9.17, 15) is 18.0 Å². The van der Waals surface area contributed by atoms with Crippen molar-refractivity contribution in [2.45, 2.75) is 6.18 Å². The van der Waals surface area contributed by atoms with Gasteiger partial charge in [0.15, 0.2) is 0 Å². The molecule has 0 saturated heterocycles. The van der Waals surface area contributed by atoms with Crippen LogP contribution >= 0.6 is 0 Å². The minimum Gasteiger partial charge on any atom is -0.478 e. The molecule has 1 aromatic carbocycles. The second kappa shape index (κ2) is 5.20. The number of nitrogens with zero attached hydrogens (tertiary/aromatic N) is 1. The molecule has 0 aliphatic heterocycles. The van der Waals surface area contributed by atoms with E-state index in [-0.39, 0.29) is 17.1 Å². The SMILES string of the molecule is O=C(O)c1ccccc1Nc1cccc(C(F)(F)F)n1. The van der Waals surface area contributed by atoms with Crippen LogP contribution in [0.3, 0.4) is 0 Å². The quantitative estimate of drug-likeness (QED) is 0.903. The summed E-state index contributed by atoms with van der Waals surface area (Å²) in [7, 11) is 0. The van der Waals surface area contributed by atoms with E-state index < -0.39 is 17.8 Å². The Morgan fingerprint density at radius 1 is 1.10 bits per heavy atom. The van der Waals surface area contributed by atoms with Gasteiger partial charge in [-0.25, -0.2) is 9.78 Å². The number of para-hydroxylation sites is 1. The van der Waals surface area contributed by atoms with Crippen LogP contribution in [0.25, 0.3) is 0 Å². The number of halogens is 3. The number of alkyl halides is 3. The van der Waals surface area contributed by atoms with Gasteiger partial charge in [0.1, 0.15) is 11.5 Å². The van der Waals surface area contributed by atoms with Crippen LogP contribution in [-0.2, 0) is 6.18 Å². The zero-order valence-electron chi connectivity index (χ0n) is 9.98. The average Bonchev–Trinajstić information content (AvgIpc) is 2.38. The molecule has 4 nitrogen and oxygen atoms in total. The fraction of sp³-hybridized carbons (Fsp3) is 0.0769. The molecule has 0 radical (unpaired) electrons. The van der Waals surface area contributed by atoms with E-state index in [0.717, 1.165) is 6.07 Å². The third-order valence-corrected chi connectivity index (χ3v) is 2.46. The number of carboxylic acids is 1. The van der Waals surface area contributed by atoms with Crippen LogP contribution in [0.4, 0.5) is 24.7 Å². The van der Waals surface area contributed by atoms with Gasteiger partial charge < -0.3 is 10.4 Å². The first-order valence-corrected chi connectivity index (χ1v) is 5.51. The second-order valence-electron chi connectivity index (χ2n) is 3.88. The Labute approximate surface area is 111 Å². The third-order valence-electron chi connectivity index (χ3n) is 2.46. The van der Waals surface area contributed by atoms with Crippen LogP contribution in [0.15, 0.2) is 42.5 Å². The standard InChI is InChI=1S/C13H9F3N2O2/c14-13(15,16)10-6-3-7-11(18-10)17-9-5-2-1-4-8(9)12(19)20/h1-7H,(H,17,18)(H,19,20). The Kier molecular flexibility index (Phi) is 3.60. The molecule has 0 aliphatic rings. The number of rotatable bonds is 3. The van der Waals surface area contributed by atoms with Gasteiger partial charge in [-0.05, 0) is 24.3 Å². The van der Waals surface area contributed by atoms with E-state index >= 15 is 0 Å². The summed E-state index contributed by atoms with van der Waals surface area (Å²) in [6, 6.07) is 9.25. The number of hydrogen-bond donors (Lipinski definition) is 2. The van der Waals surface area contributed by atoms with Crippen molar-refractivity contribution < 1.29 is 23.1 Å². The van der Waals surface area contributed by atoms with Crippen molar-refractivity contribution in [1.29, 1.82) is 0 Å². The predicted octanol–water partition coefficient (Wildman–Crippen LogP) is 3.54. The lowest BCUT2D eigenvalue weighted by atomic mass is 10.2. The average molecular weight is 282 g/mol. The van der Waals surface area contributed by atoms with Gasteiger partial charge in [0.25, 0.3) is 0 Å². The summed E-state index contributed by atoms with van der Waals surface area (Å²) < 4.78 is 37.6. The largest absolute Gasteiger partial charge is 0.478 e. The fourth-order valence-electron chi connectivity index (χ4n) is 1.58. The highest BCUT2D eigenvalue weighted by Crippen LogP contribution is 2.29. The van der Waals surface area contributed by atoms with Crippen molar-refractivity contribution >= 4 is 17.5 Å². The molecule has 20 heavy (non-hydrogen) atoms. The number of carbonyl (C=O) groups is 1. The van der Waals surface area contributed by atoms with Gasteiger partial charge in [0.05, 0.1) is 11.3 Å². The predicted molar refractivity (Wildman–Crippen MR) is 65.9 cm³/mol. The molecule has 0 aliphatic carbocycles. The summed E-state index contributed by atoms with van der Waals surface area (Å²) in [6.07, 6.45) is -4.55. The maximum Gasteiger partial charge on any atom is 0.433 e. The number of hydrogen-bond acceptors (Lipinski definition) is 3. The highest BCUT2D eigenvalue weighted by molar-refractivity contribution is 5.94. The lowest BCUT2D eigenvalue weighted by molar-refractivity contribution is -0.141. The van der Waals surface area contributed by atoms with E-state index in [4.69, 9.17) is 5.11 Å². The van der Waals surface area contributed by atoms with Crippen LogP contribution in [-0.4, -0.2) is 16.1 Å². The van der Waals surface area contributed by atoms with E-state index in [1.165, 1.54) is 30.3 Å². The van der Waals surface area contributed by atoms with Crippen LogP contribution < -0.4 is 5.32 Å². The molecule has 7 heteroatoms. The van der Waals surface area contributed by atoms with E-state index in [2.05, 4.69) is 10.3 Å². The van der Waals surface area contributed by atoms with Crippen LogP contribution in [0.2, 0.25) is 0 Å². The van der Waals surface area contributed by atoms with Crippen LogP contribution in [0, 0.1) is 0 Å². The summed E-state index contributed by atoms with van der Waals surface area (Å²) in [6.45, 7) is 0. The zero-order chi connectivity index (χ0) is 14.8. The van der Waals surface area contributed by atoms with Crippen molar-refractivity contribution in [2.24, 2.45) is 0 Å². The Balaban J connectivity index is 2.34. The molecule has 0 amide bonds.